The van der Waals surface area contributed by atoms with Gasteiger partial charge >= 0.3 is 0 Å². The second-order valence-corrected chi connectivity index (χ2v) is 4.36. The van der Waals surface area contributed by atoms with Crippen LogP contribution in [0.1, 0.15) is 25.3 Å². The summed E-state index contributed by atoms with van der Waals surface area (Å²) in [4.78, 5) is 2.45. The number of anilines is 1. The molecule has 82 valence electrons. The van der Waals surface area contributed by atoms with Crippen molar-refractivity contribution in [2.24, 2.45) is 0 Å². The Bertz CT molecular complexity index is 348. The highest BCUT2D eigenvalue weighted by Crippen LogP contribution is 2.34. The minimum atomic E-state index is 0.640. The normalized spacial score (nSPS) is 20.7. The Morgan fingerprint density at radius 3 is 2.80 bits per heavy atom. The molecule has 1 aliphatic rings. The molecule has 0 bridgehead atoms. The number of rotatable bonds is 2. The van der Waals surface area contributed by atoms with Gasteiger partial charge in [-0.25, -0.2) is 0 Å². The van der Waals surface area contributed by atoms with E-state index < -0.39 is 0 Å². The van der Waals surface area contributed by atoms with Gasteiger partial charge in [-0.15, -0.1) is 0 Å². The Hall–Kier alpha value is -1.18. The lowest BCUT2D eigenvalue weighted by atomic mass is 10.1. The van der Waals surface area contributed by atoms with Gasteiger partial charge in [-0.1, -0.05) is 6.07 Å². The number of aryl methyl sites for hydroxylation is 1. The van der Waals surface area contributed by atoms with Crippen LogP contribution >= 0.6 is 0 Å². The smallest absolute Gasteiger partial charge is 0.142 e. The van der Waals surface area contributed by atoms with Crippen LogP contribution in [0.4, 0.5) is 5.69 Å². The Balaban J connectivity index is 2.36. The van der Waals surface area contributed by atoms with Crippen LogP contribution in [-0.2, 0) is 0 Å². The molecule has 1 heterocycles. The minimum absolute atomic E-state index is 0.640. The van der Waals surface area contributed by atoms with Crippen LogP contribution in [0.5, 0.6) is 5.75 Å². The van der Waals surface area contributed by atoms with Gasteiger partial charge in [0.1, 0.15) is 5.75 Å². The maximum Gasteiger partial charge on any atom is 0.142 e. The summed E-state index contributed by atoms with van der Waals surface area (Å²) in [5.41, 5.74) is 2.55. The fraction of sp³-hybridized carbons (Fsp3) is 0.538. The van der Waals surface area contributed by atoms with E-state index in [4.69, 9.17) is 4.74 Å². The number of benzene rings is 1. The quantitative estimate of drug-likeness (QED) is 0.736. The van der Waals surface area contributed by atoms with E-state index in [2.05, 4.69) is 36.9 Å². The molecule has 0 saturated carbocycles. The molecule has 0 aliphatic carbocycles. The standard InChI is InChI=1S/C13H19NO/c1-10-6-7-13(15-3)12(9-10)14-8-4-5-11(14)2/h6-7,9,11H,4-5,8H2,1-3H3. The van der Waals surface area contributed by atoms with Gasteiger partial charge in [-0.05, 0) is 44.4 Å². The molecule has 1 aliphatic heterocycles. The fourth-order valence-corrected chi connectivity index (χ4v) is 2.32. The maximum atomic E-state index is 5.42. The number of nitrogens with zero attached hydrogens (tertiary/aromatic N) is 1. The van der Waals surface area contributed by atoms with Crippen molar-refractivity contribution < 1.29 is 4.74 Å². The Morgan fingerprint density at radius 2 is 2.20 bits per heavy atom. The summed E-state index contributed by atoms with van der Waals surface area (Å²) in [6.45, 7) is 5.57. The molecule has 1 unspecified atom stereocenters. The van der Waals surface area contributed by atoms with Crippen LogP contribution in [0.3, 0.4) is 0 Å². The van der Waals surface area contributed by atoms with Gasteiger partial charge in [0.05, 0.1) is 12.8 Å². The molecular formula is C13H19NO. The third kappa shape index (κ3) is 1.94. The van der Waals surface area contributed by atoms with Gasteiger partial charge in [0.25, 0.3) is 0 Å². The average molecular weight is 205 g/mol. The largest absolute Gasteiger partial charge is 0.495 e. The van der Waals surface area contributed by atoms with Crippen LogP contribution in [0.25, 0.3) is 0 Å². The van der Waals surface area contributed by atoms with Crippen LogP contribution in [0, 0.1) is 6.92 Å². The third-order valence-electron chi connectivity index (χ3n) is 3.20. The van der Waals surface area contributed by atoms with E-state index in [1.54, 1.807) is 7.11 Å². The van der Waals surface area contributed by atoms with Crippen molar-refractivity contribution in [2.75, 3.05) is 18.6 Å². The molecule has 2 rings (SSSR count). The second-order valence-electron chi connectivity index (χ2n) is 4.36. The summed E-state index contributed by atoms with van der Waals surface area (Å²) in [6.07, 6.45) is 2.58. The van der Waals surface area contributed by atoms with Gasteiger partial charge in [0, 0.05) is 12.6 Å². The molecule has 0 N–H and O–H groups in total. The molecule has 1 atom stereocenters. The molecule has 1 fully saturated rings. The van der Waals surface area contributed by atoms with E-state index in [0.29, 0.717) is 6.04 Å². The van der Waals surface area contributed by atoms with Crippen molar-refractivity contribution in [3.63, 3.8) is 0 Å². The number of ether oxygens (including phenoxy) is 1. The van der Waals surface area contributed by atoms with Crippen LogP contribution in [0.15, 0.2) is 18.2 Å². The summed E-state index contributed by atoms with van der Waals surface area (Å²) in [5, 5.41) is 0. The van der Waals surface area contributed by atoms with Crippen molar-refractivity contribution in [1.29, 1.82) is 0 Å². The molecule has 0 spiro atoms. The lowest BCUT2D eigenvalue weighted by Crippen LogP contribution is -2.26. The molecule has 2 nitrogen and oxygen atoms in total. The average Bonchev–Trinajstić information content (AvgIpc) is 2.64. The SMILES string of the molecule is COc1ccc(C)cc1N1CCCC1C. The zero-order valence-corrected chi connectivity index (χ0v) is 9.79. The number of methoxy groups -OCH3 is 1. The van der Waals surface area contributed by atoms with Gasteiger partial charge < -0.3 is 9.64 Å². The molecule has 15 heavy (non-hydrogen) atoms. The highest BCUT2D eigenvalue weighted by Gasteiger charge is 2.22. The molecule has 2 heteroatoms. The van der Waals surface area contributed by atoms with E-state index in [-0.39, 0.29) is 0 Å². The topological polar surface area (TPSA) is 12.5 Å². The van der Waals surface area contributed by atoms with Gasteiger partial charge in [0.2, 0.25) is 0 Å². The number of hydrogen-bond donors (Lipinski definition) is 0. The highest BCUT2D eigenvalue weighted by atomic mass is 16.5. The fourth-order valence-electron chi connectivity index (χ4n) is 2.32. The summed E-state index contributed by atoms with van der Waals surface area (Å²) in [7, 11) is 1.74. The highest BCUT2D eigenvalue weighted by molar-refractivity contribution is 5.61. The molecule has 1 aromatic carbocycles. The maximum absolute atomic E-state index is 5.42. The first-order valence-corrected chi connectivity index (χ1v) is 5.63. The molecule has 0 aromatic heterocycles. The van der Waals surface area contributed by atoms with E-state index in [0.717, 1.165) is 12.3 Å². The summed E-state index contributed by atoms with van der Waals surface area (Å²) < 4.78 is 5.42. The minimum Gasteiger partial charge on any atom is -0.495 e. The van der Waals surface area contributed by atoms with E-state index in [9.17, 15) is 0 Å². The summed E-state index contributed by atoms with van der Waals surface area (Å²) in [5.74, 6) is 0.995. The molecule has 1 aromatic rings. The Labute approximate surface area is 91.9 Å². The first-order chi connectivity index (χ1) is 7.22. The van der Waals surface area contributed by atoms with E-state index in [1.165, 1.54) is 24.1 Å². The predicted molar refractivity (Wildman–Crippen MR) is 63.8 cm³/mol. The first-order valence-electron chi connectivity index (χ1n) is 5.63. The van der Waals surface area contributed by atoms with E-state index in [1.807, 2.05) is 0 Å². The molecule has 1 saturated heterocycles. The van der Waals surface area contributed by atoms with Crippen molar-refractivity contribution in [1.82, 2.24) is 0 Å². The van der Waals surface area contributed by atoms with Crippen molar-refractivity contribution in [3.8, 4) is 5.75 Å². The second kappa shape index (κ2) is 4.13. The first kappa shape index (κ1) is 10.3. The lowest BCUT2D eigenvalue weighted by molar-refractivity contribution is 0.414. The van der Waals surface area contributed by atoms with Crippen molar-refractivity contribution in [3.05, 3.63) is 23.8 Å². The Morgan fingerprint density at radius 1 is 1.40 bits per heavy atom. The van der Waals surface area contributed by atoms with Crippen molar-refractivity contribution in [2.45, 2.75) is 32.7 Å². The van der Waals surface area contributed by atoms with E-state index >= 15 is 0 Å². The van der Waals surface area contributed by atoms with Gasteiger partial charge in [0.15, 0.2) is 0 Å². The summed E-state index contributed by atoms with van der Waals surface area (Å²) in [6, 6.07) is 7.03. The molecular weight excluding hydrogens is 186 g/mol. The number of hydrogen-bond acceptors (Lipinski definition) is 2. The summed E-state index contributed by atoms with van der Waals surface area (Å²) >= 11 is 0. The van der Waals surface area contributed by atoms with Crippen molar-refractivity contribution >= 4 is 5.69 Å². The van der Waals surface area contributed by atoms with Gasteiger partial charge in [-0.3, -0.25) is 0 Å². The third-order valence-corrected chi connectivity index (χ3v) is 3.20. The zero-order chi connectivity index (χ0) is 10.8. The predicted octanol–water partition coefficient (Wildman–Crippen LogP) is 2.99. The molecule has 0 amide bonds. The monoisotopic (exact) mass is 205 g/mol. The van der Waals surface area contributed by atoms with Crippen LogP contribution < -0.4 is 9.64 Å². The lowest BCUT2D eigenvalue weighted by Gasteiger charge is -2.26. The van der Waals surface area contributed by atoms with Crippen LogP contribution in [0.2, 0.25) is 0 Å². The zero-order valence-electron chi connectivity index (χ0n) is 9.79. The molecule has 0 radical (unpaired) electrons. The van der Waals surface area contributed by atoms with Gasteiger partial charge in [-0.2, -0.15) is 0 Å². The Kier molecular flexibility index (Phi) is 2.85. The van der Waals surface area contributed by atoms with Crippen LogP contribution in [-0.4, -0.2) is 19.7 Å².